The number of sulfonamides is 1. The molecule has 0 radical (unpaired) electrons. The second-order valence-electron chi connectivity index (χ2n) is 6.85. The van der Waals surface area contributed by atoms with E-state index in [1.54, 1.807) is 19.9 Å². The van der Waals surface area contributed by atoms with Gasteiger partial charge in [-0.25, -0.2) is 8.42 Å². The van der Waals surface area contributed by atoms with Gasteiger partial charge in [-0.15, -0.1) is 0 Å². The summed E-state index contributed by atoms with van der Waals surface area (Å²) in [5.41, 5.74) is 0.384. The molecule has 0 saturated carbocycles. The molecule has 2 aromatic rings. The summed E-state index contributed by atoms with van der Waals surface area (Å²) in [7, 11) is -3.83. The first-order valence-corrected chi connectivity index (χ1v) is 11.4. The van der Waals surface area contributed by atoms with Gasteiger partial charge in [-0.3, -0.25) is 9.59 Å². The maximum Gasteiger partial charge on any atom is 0.255 e. The number of hydrogen-bond acceptors (Lipinski definition) is 5. The van der Waals surface area contributed by atoms with Crippen molar-refractivity contribution in [2.24, 2.45) is 0 Å². The van der Waals surface area contributed by atoms with Crippen LogP contribution in [0.3, 0.4) is 0 Å². The van der Waals surface area contributed by atoms with Crippen molar-refractivity contribution in [3.05, 3.63) is 51.4 Å². The van der Waals surface area contributed by atoms with E-state index in [0.29, 0.717) is 17.1 Å². The molecule has 11 heteroatoms. The van der Waals surface area contributed by atoms with Crippen LogP contribution in [0.1, 0.15) is 21.9 Å². The molecular formula is C19H21Cl2N3O5S. The van der Waals surface area contributed by atoms with Crippen molar-refractivity contribution in [3.8, 4) is 0 Å². The summed E-state index contributed by atoms with van der Waals surface area (Å²) in [5.74, 6) is 0.408. The normalized spacial score (nSPS) is 15.3. The summed E-state index contributed by atoms with van der Waals surface area (Å²) in [6.45, 7) is 3.87. The molecular weight excluding hydrogens is 453 g/mol. The lowest BCUT2D eigenvalue weighted by Gasteiger charge is -2.34. The van der Waals surface area contributed by atoms with Crippen LogP contribution < -0.4 is 5.32 Å². The fourth-order valence-corrected chi connectivity index (χ4v) is 5.38. The number of rotatable bonds is 5. The Labute approximate surface area is 184 Å². The van der Waals surface area contributed by atoms with Crippen molar-refractivity contribution in [1.29, 1.82) is 0 Å². The Hall–Kier alpha value is -2.07. The summed E-state index contributed by atoms with van der Waals surface area (Å²) in [4.78, 5) is 26.1. The van der Waals surface area contributed by atoms with E-state index in [9.17, 15) is 18.0 Å². The molecule has 2 amide bonds. The summed E-state index contributed by atoms with van der Waals surface area (Å²) in [6, 6.07) is 6.04. The van der Waals surface area contributed by atoms with E-state index in [-0.39, 0.29) is 53.6 Å². The number of benzene rings is 1. The third kappa shape index (κ3) is 4.64. The molecule has 0 atom stereocenters. The number of carbonyl (C=O) groups is 2. The van der Waals surface area contributed by atoms with Gasteiger partial charge < -0.3 is 14.6 Å². The van der Waals surface area contributed by atoms with Gasteiger partial charge in [0.1, 0.15) is 16.4 Å². The maximum absolute atomic E-state index is 12.9. The van der Waals surface area contributed by atoms with Gasteiger partial charge in [0.2, 0.25) is 15.9 Å². The van der Waals surface area contributed by atoms with Crippen LogP contribution in [0.2, 0.25) is 10.0 Å². The summed E-state index contributed by atoms with van der Waals surface area (Å²) < 4.78 is 32.3. The van der Waals surface area contributed by atoms with Crippen LogP contribution in [0, 0.1) is 13.8 Å². The SMILES string of the molecule is Cc1cc(C(=O)NCC(=O)N2CCN(S(=O)(=O)c3cccc(Cl)c3Cl)CC2)c(C)o1. The van der Waals surface area contributed by atoms with Crippen molar-refractivity contribution in [2.75, 3.05) is 32.7 Å². The molecule has 1 fully saturated rings. The van der Waals surface area contributed by atoms with E-state index in [2.05, 4.69) is 5.32 Å². The van der Waals surface area contributed by atoms with E-state index in [4.69, 9.17) is 27.6 Å². The van der Waals surface area contributed by atoms with Crippen LogP contribution >= 0.6 is 23.2 Å². The fraction of sp³-hybridized carbons (Fsp3) is 0.368. The zero-order valence-corrected chi connectivity index (χ0v) is 18.8. The first kappa shape index (κ1) is 22.6. The van der Waals surface area contributed by atoms with Crippen LogP contribution in [-0.2, 0) is 14.8 Å². The molecule has 1 saturated heterocycles. The van der Waals surface area contributed by atoms with Gasteiger partial charge >= 0.3 is 0 Å². The Morgan fingerprint density at radius 2 is 1.80 bits per heavy atom. The highest BCUT2D eigenvalue weighted by Crippen LogP contribution is 2.31. The van der Waals surface area contributed by atoms with E-state index in [1.165, 1.54) is 27.4 Å². The van der Waals surface area contributed by atoms with Gasteiger partial charge in [0.25, 0.3) is 5.91 Å². The van der Waals surface area contributed by atoms with Crippen molar-refractivity contribution >= 4 is 45.0 Å². The van der Waals surface area contributed by atoms with E-state index >= 15 is 0 Å². The van der Waals surface area contributed by atoms with Crippen LogP contribution in [0.25, 0.3) is 0 Å². The highest BCUT2D eigenvalue weighted by Gasteiger charge is 2.32. The highest BCUT2D eigenvalue weighted by atomic mass is 35.5. The monoisotopic (exact) mass is 473 g/mol. The number of carbonyl (C=O) groups excluding carboxylic acids is 2. The van der Waals surface area contributed by atoms with Crippen molar-refractivity contribution in [1.82, 2.24) is 14.5 Å². The fourth-order valence-electron chi connectivity index (χ4n) is 3.22. The van der Waals surface area contributed by atoms with Gasteiger partial charge in [0, 0.05) is 26.2 Å². The van der Waals surface area contributed by atoms with Gasteiger partial charge in [0.15, 0.2) is 0 Å². The lowest BCUT2D eigenvalue weighted by Crippen LogP contribution is -2.52. The molecule has 162 valence electrons. The van der Waals surface area contributed by atoms with Crippen molar-refractivity contribution in [2.45, 2.75) is 18.7 Å². The molecule has 0 spiro atoms. The number of nitrogens with zero attached hydrogens (tertiary/aromatic N) is 2. The predicted molar refractivity (Wildman–Crippen MR) is 112 cm³/mol. The molecule has 0 aliphatic carbocycles. The van der Waals surface area contributed by atoms with Crippen molar-refractivity contribution in [3.63, 3.8) is 0 Å². The van der Waals surface area contributed by atoms with Gasteiger partial charge in [0.05, 0.1) is 22.2 Å². The first-order valence-electron chi connectivity index (χ1n) is 9.18. The zero-order valence-electron chi connectivity index (χ0n) is 16.4. The number of nitrogens with one attached hydrogen (secondary N) is 1. The summed E-state index contributed by atoms with van der Waals surface area (Å²) in [6.07, 6.45) is 0. The number of hydrogen-bond donors (Lipinski definition) is 1. The number of furan rings is 1. The first-order chi connectivity index (χ1) is 14.1. The molecule has 3 rings (SSSR count). The largest absolute Gasteiger partial charge is 0.466 e. The standard InChI is InChI=1S/C19H21Cl2N3O5S/c1-12-10-14(13(2)29-12)19(26)22-11-17(25)23-6-8-24(9-7-23)30(27,28)16-5-3-4-15(20)18(16)21/h3-5,10H,6-9,11H2,1-2H3,(H,22,26). The Bertz CT molecular complexity index is 1080. The average molecular weight is 474 g/mol. The zero-order chi connectivity index (χ0) is 22.1. The maximum atomic E-state index is 12.9. The van der Waals surface area contributed by atoms with Crippen LogP contribution in [0.15, 0.2) is 33.6 Å². The Balaban J connectivity index is 1.57. The Morgan fingerprint density at radius 3 is 2.40 bits per heavy atom. The highest BCUT2D eigenvalue weighted by molar-refractivity contribution is 7.89. The summed E-state index contributed by atoms with van der Waals surface area (Å²) >= 11 is 12.0. The predicted octanol–water partition coefficient (Wildman–Crippen LogP) is 2.47. The molecule has 8 nitrogen and oxygen atoms in total. The molecule has 1 aliphatic rings. The molecule has 1 aromatic heterocycles. The Morgan fingerprint density at radius 1 is 1.13 bits per heavy atom. The Kier molecular flexibility index (Phi) is 6.76. The third-order valence-electron chi connectivity index (χ3n) is 4.81. The molecule has 0 bridgehead atoms. The topological polar surface area (TPSA) is 99.9 Å². The number of aryl methyl sites for hydroxylation is 2. The number of amides is 2. The van der Waals surface area contributed by atoms with Gasteiger partial charge in [-0.1, -0.05) is 29.3 Å². The quantitative estimate of drug-likeness (QED) is 0.718. The lowest BCUT2D eigenvalue weighted by atomic mass is 10.2. The molecule has 2 heterocycles. The lowest BCUT2D eigenvalue weighted by molar-refractivity contribution is -0.131. The smallest absolute Gasteiger partial charge is 0.255 e. The van der Waals surface area contributed by atoms with Crippen LogP contribution in [0.5, 0.6) is 0 Å². The molecule has 1 aliphatic heterocycles. The minimum Gasteiger partial charge on any atom is -0.466 e. The minimum atomic E-state index is -3.83. The third-order valence-corrected chi connectivity index (χ3v) is 7.68. The minimum absolute atomic E-state index is 0.0230. The number of halogens is 2. The van der Waals surface area contributed by atoms with E-state index < -0.39 is 15.9 Å². The molecule has 1 N–H and O–H groups in total. The second kappa shape index (κ2) is 8.97. The van der Waals surface area contributed by atoms with Crippen LogP contribution in [-0.4, -0.2) is 62.2 Å². The molecule has 0 unspecified atom stereocenters. The van der Waals surface area contributed by atoms with Crippen molar-refractivity contribution < 1.29 is 22.4 Å². The van der Waals surface area contributed by atoms with Gasteiger partial charge in [-0.2, -0.15) is 4.31 Å². The van der Waals surface area contributed by atoms with E-state index in [1.807, 2.05) is 0 Å². The molecule has 1 aromatic carbocycles. The van der Waals surface area contributed by atoms with E-state index in [0.717, 1.165) is 0 Å². The summed E-state index contributed by atoms with van der Waals surface area (Å²) in [5, 5.41) is 2.71. The van der Waals surface area contributed by atoms with Gasteiger partial charge in [-0.05, 0) is 32.0 Å². The van der Waals surface area contributed by atoms with Crippen LogP contribution in [0.4, 0.5) is 0 Å². The molecule has 30 heavy (non-hydrogen) atoms. The number of piperazine rings is 1. The second-order valence-corrected chi connectivity index (χ2v) is 9.54. The average Bonchev–Trinajstić information content (AvgIpc) is 3.06.